The first kappa shape index (κ1) is 25.7. The normalized spacial score (nSPS) is 17.7. The fraction of sp³-hybridized carbons (Fsp3) is 0.429. The Bertz CT molecular complexity index is 763. The van der Waals surface area contributed by atoms with Gasteiger partial charge in [0.1, 0.15) is 24.2 Å². The minimum absolute atomic E-state index is 0. The van der Waals surface area contributed by atoms with Gasteiger partial charge in [-0.1, -0.05) is 23.4 Å². The maximum atomic E-state index is 9.44. The third-order valence-corrected chi connectivity index (χ3v) is 4.45. The van der Waals surface area contributed by atoms with Crippen LogP contribution in [0, 0.1) is 0 Å². The zero-order valence-corrected chi connectivity index (χ0v) is 17.8. The molecule has 0 spiro atoms. The van der Waals surface area contributed by atoms with E-state index in [0.29, 0.717) is 30.0 Å². The van der Waals surface area contributed by atoms with Crippen LogP contribution >= 0.6 is 15.9 Å². The topological polar surface area (TPSA) is 113 Å². The molecule has 2 atom stereocenters. The van der Waals surface area contributed by atoms with Gasteiger partial charge in [-0.05, 0) is 24.3 Å². The van der Waals surface area contributed by atoms with E-state index in [0.717, 1.165) is 18.5 Å². The van der Waals surface area contributed by atoms with Crippen LogP contribution in [-0.4, -0.2) is 66.9 Å². The average molecular weight is 489 g/mol. The highest BCUT2D eigenvalue weighted by Gasteiger charge is 2.23. The SMILES string of the molecule is BrCC1CO1.C.COc1ccc(O)cc1O.COc1ccc(OCC2CO2)cc1O. The van der Waals surface area contributed by atoms with Crippen molar-refractivity contribution >= 4 is 15.9 Å². The molecule has 8 nitrogen and oxygen atoms in total. The predicted octanol–water partition coefficient (Wildman–Crippen LogP) is 3.70. The van der Waals surface area contributed by atoms with E-state index in [1.807, 2.05) is 0 Å². The van der Waals surface area contributed by atoms with Gasteiger partial charge in [0, 0.05) is 17.5 Å². The van der Waals surface area contributed by atoms with Crippen molar-refractivity contribution in [1.82, 2.24) is 0 Å². The van der Waals surface area contributed by atoms with Gasteiger partial charge >= 0.3 is 0 Å². The predicted molar refractivity (Wildman–Crippen MR) is 116 cm³/mol. The van der Waals surface area contributed by atoms with Crippen LogP contribution in [0.3, 0.4) is 0 Å². The van der Waals surface area contributed by atoms with E-state index in [2.05, 4.69) is 15.9 Å². The number of alkyl halides is 1. The summed E-state index contributed by atoms with van der Waals surface area (Å²) in [4.78, 5) is 0. The molecule has 0 amide bonds. The molecule has 2 fully saturated rings. The minimum atomic E-state index is -0.0532. The van der Waals surface area contributed by atoms with Crippen LogP contribution < -0.4 is 14.2 Å². The second kappa shape index (κ2) is 13.0. The molecule has 0 saturated carbocycles. The van der Waals surface area contributed by atoms with E-state index in [4.69, 9.17) is 33.9 Å². The lowest BCUT2D eigenvalue weighted by atomic mass is 10.3. The van der Waals surface area contributed by atoms with Crippen molar-refractivity contribution in [1.29, 1.82) is 0 Å². The van der Waals surface area contributed by atoms with Crippen LogP contribution in [0.5, 0.6) is 34.5 Å². The Kier molecular flexibility index (Phi) is 11.2. The van der Waals surface area contributed by atoms with Crippen molar-refractivity contribution in [2.45, 2.75) is 19.6 Å². The van der Waals surface area contributed by atoms with Gasteiger partial charge in [0.05, 0.1) is 33.5 Å². The monoisotopic (exact) mass is 488 g/mol. The lowest BCUT2D eigenvalue weighted by molar-refractivity contribution is 0.261. The summed E-state index contributed by atoms with van der Waals surface area (Å²) in [5.74, 6) is 1.49. The van der Waals surface area contributed by atoms with Gasteiger partial charge in [0.15, 0.2) is 23.0 Å². The highest BCUT2D eigenvalue weighted by atomic mass is 79.9. The Morgan fingerprint density at radius 2 is 1.43 bits per heavy atom. The van der Waals surface area contributed by atoms with Crippen LogP contribution in [0.1, 0.15) is 7.43 Å². The molecule has 2 aliphatic rings. The Morgan fingerprint density at radius 1 is 0.900 bits per heavy atom. The van der Waals surface area contributed by atoms with Crippen molar-refractivity contribution in [3.63, 3.8) is 0 Å². The van der Waals surface area contributed by atoms with Gasteiger partial charge in [0.2, 0.25) is 0 Å². The molecule has 168 valence electrons. The van der Waals surface area contributed by atoms with Gasteiger partial charge in [-0.2, -0.15) is 0 Å². The molecule has 4 rings (SSSR count). The fourth-order valence-corrected chi connectivity index (χ4v) is 2.32. The minimum Gasteiger partial charge on any atom is -0.508 e. The van der Waals surface area contributed by atoms with Crippen molar-refractivity contribution < 1.29 is 39.0 Å². The number of phenolic OH excluding ortho intramolecular Hbond substituents is 3. The number of ether oxygens (including phenoxy) is 5. The Hall–Kier alpha value is -2.36. The number of rotatable bonds is 6. The summed E-state index contributed by atoms with van der Waals surface area (Å²) in [6.07, 6.45) is 0.772. The van der Waals surface area contributed by atoms with Gasteiger partial charge in [0.25, 0.3) is 0 Å². The van der Waals surface area contributed by atoms with Gasteiger partial charge < -0.3 is 39.0 Å². The molecule has 0 bridgehead atoms. The molecule has 2 aliphatic heterocycles. The molecule has 3 N–H and O–H groups in total. The largest absolute Gasteiger partial charge is 0.508 e. The standard InChI is InChI=1S/C10H12O4.C7H8O3.C3H5BrO.CH4/c1-12-10-3-2-7(4-9(10)11)13-5-8-6-14-8;1-10-7-3-2-5(8)4-6(7)9;4-1-3-2-5-3;/h2-4,8,11H,5-6H2,1H3;2-4,8-9H,1H3;3H,1-2H2;1H4. The number of benzene rings is 2. The zero-order valence-electron chi connectivity index (χ0n) is 16.2. The van der Waals surface area contributed by atoms with Crippen molar-refractivity contribution in [2.75, 3.05) is 39.4 Å². The van der Waals surface area contributed by atoms with E-state index in [1.165, 1.54) is 38.5 Å². The highest BCUT2D eigenvalue weighted by Crippen LogP contribution is 2.30. The summed E-state index contributed by atoms with van der Waals surface area (Å²) in [7, 11) is 2.96. The average Bonchev–Trinajstić information content (AvgIpc) is 3.62. The van der Waals surface area contributed by atoms with Crippen LogP contribution in [0.25, 0.3) is 0 Å². The first-order valence-electron chi connectivity index (χ1n) is 8.81. The van der Waals surface area contributed by atoms with Crippen molar-refractivity contribution in [3.8, 4) is 34.5 Å². The van der Waals surface area contributed by atoms with Gasteiger partial charge in [-0.15, -0.1) is 0 Å². The smallest absolute Gasteiger partial charge is 0.161 e. The van der Waals surface area contributed by atoms with Gasteiger partial charge in [-0.25, -0.2) is 0 Å². The van der Waals surface area contributed by atoms with E-state index < -0.39 is 0 Å². The molecule has 2 aromatic carbocycles. The fourth-order valence-electron chi connectivity index (χ4n) is 1.95. The molecule has 9 heteroatoms. The summed E-state index contributed by atoms with van der Waals surface area (Å²) in [6.45, 7) is 2.26. The van der Waals surface area contributed by atoms with Crippen molar-refractivity contribution in [3.05, 3.63) is 36.4 Å². The lowest BCUT2D eigenvalue weighted by Crippen LogP contribution is -2.03. The number of methoxy groups -OCH3 is 2. The number of epoxide rings is 2. The molecule has 0 radical (unpaired) electrons. The third-order valence-electron chi connectivity index (χ3n) is 3.73. The summed E-state index contributed by atoms with van der Waals surface area (Å²) < 4.78 is 24.8. The van der Waals surface area contributed by atoms with E-state index >= 15 is 0 Å². The molecular weight excluding hydrogens is 460 g/mol. The summed E-state index contributed by atoms with van der Waals surface area (Å²) in [6, 6.07) is 9.10. The zero-order chi connectivity index (χ0) is 21.2. The Balaban J connectivity index is 0.000000246. The molecule has 0 aromatic heterocycles. The second-order valence-corrected chi connectivity index (χ2v) is 6.71. The quantitative estimate of drug-likeness (QED) is 0.416. The molecule has 0 aliphatic carbocycles. The summed E-state index contributed by atoms with van der Waals surface area (Å²) in [5, 5.41) is 28.3. The summed E-state index contributed by atoms with van der Waals surface area (Å²) in [5.41, 5.74) is 0. The van der Waals surface area contributed by atoms with Crippen LogP contribution in [0.2, 0.25) is 0 Å². The Labute approximate surface area is 185 Å². The van der Waals surface area contributed by atoms with Crippen LogP contribution in [0.4, 0.5) is 0 Å². The Morgan fingerprint density at radius 3 is 1.83 bits per heavy atom. The second-order valence-electron chi connectivity index (χ2n) is 6.07. The number of halogens is 1. The first-order chi connectivity index (χ1) is 14.0. The highest BCUT2D eigenvalue weighted by molar-refractivity contribution is 9.09. The molecule has 2 unspecified atom stereocenters. The molecule has 2 aromatic rings. The van der Waals surface area contributed by atoms with E-state index in [-0.39, 0.29) is 30.8 Å². The number of aromatic hydroxyl groups is 3. The maximum absolute atomic E-state index is 9.44. The van der Waals surface area contributed by atoms with Gasteiger partial charge in [-0.3, -0.25) is 0 Å². The number of hydrogen-bond acceptors (Lipinski definition) is 8. The maximum Gasteiger partial charge on any atom is 0.161 e. The third kappa shape index (κ3) is 9.43. The molecular formula is C21H29BrO8. The number of hydrogen-bond donors (Lipinski definition) is 3. The molecule has 2 saturated heterocycles. The molecule has 2 heterocycles. The van der Waals surface area contributed by atoms with Crippen LogP contribution in [0.15, 0.2) is 36.4 Å². The summed E-state index contributed by atoms with van der Waals surface area (Å²) >= 11 is 3.25. The first-order valence-corrected chi connectivity index (χ1v) is 9.93. The lowest BCUT2D eigenvalue weighted by Gasteiger charge is -2.07. The van der Waals surface area contributed by atoms with E-state index in [9.17, 15) is 5.11 Å². The molecule has 30 heavy (non-hydrogen) atoms. The van der Waals surface area contributed by atoms with Crippen molar-refractivity contribution in [2.24, 2.45) is 0 Å². The van der Waals surface area contributed by atoms with E-state index in [1.54, 1.807) is 12.1 Å². The number of phenols is 3. The van der Waals surface area contributed by atoms with Crippen LogP contribution in [-0.2, 0) is 9.47 Å².